The summed E-state index contributed by atoms with van der Waals surface area (Å²) in [6, 6.07) is 5.64. The maximum absolute atomic E-state index is 12.0. The van der Waals surface area contributed by atoms with Crippen molar-refractivity contribution in [1.82, 2.24) is 14.9 Å². The van der Waals surface area contributed by atoms with E-state index in [4.69, 9.17) is 4.74 Å². The van der Waals surface area contributed by atoms with E-state index in [2.05, 4.69) is 26.3 Å². The zero-order valence-electron chi connectivity index (χ0n) is 10.5. The fraction of sp³-hybridized carbons (Fsp3) is 0.385. The molecule has 2 aromatic rings. The molecular formula is C13H16BrN3O2. The second-order valence-electron chi connectivity index (χ2n) is 4.00. The van der Waals surface area contributed by atoms with Gasteiger partial charge in [-0.25, -0.2) is 4.52 Å². The van der Waals surface area contributed by atoms with Crippen LogP contribution in [0, 0.1) is 0 Å². The smallest absolute Gasteiger partial charge is 0.255 e. The molecule has 5 nitrogen and oxygen atoms in total. The minimum atomic E-state index is -0.0957. The quantitative estimate of drug-likeness (QED) is 0.624. The molecule has 0 aliphatic carbocycles. The molecule has 0 aromatic carbocycles. The van der Waals surface area contributed by atoms with Crippen LogP contribution in [0.15, 0.2) is 30.6 Å². The number of alkyl halides is 1. The van der Waals surface area contributed by atoms with Crippen molar-refractivity contribution in [1.29, 1.82) is 0 Å². The molecule has 0 fully saturated rings. The fourth-order valence-electron chi connectivity index (χ4n) is 1.74. The summed E-state index contributed by atoms with van der Waals surface area (Å²) < 4.78 is 7.00. The molecule has 0 unspecified atom stereocenters. The van der Waals surface area contributed by atoms with E-state index in [0.29, 0.717) is 25.3 Å². The normalized spacial score (nSPS) is 10.8. The first-order chi connectivity index (χ1) is 9.33. The minimum absolute atomic E-state index is 0.0957. The van der Waals surface area contributed by atoms with Crippen LogP contribution in [0.5, 0.6) is 0 Å². The highest BCUT2D eigenvalue weighted by Gasteiger charge is 2.11. The van der Waals surface area contributed by atoms with Gasteiger partial charge in [0.25, 0.3) is 5.91 Å². The Bertz CT molecular complexity index is 541. The van der Waals surface area contributed by atoms with Crippen LogP contribution in [0.4, 0.5) is 0 Å². The van der Waals surface area contributed by atoms with Gasteiger partial charge in [0.1, 0.15) is 0 Å². The number of carbonyl (C=O) groups excluding carboxylic acids is 1. The molecule has 0 aliphatic rings. The molecule has 1 amide bonds. The third kappa shape index (κ3) is 3.78. The van der Waals surface area contributed by atoms with Crippen molar-refractivity contribution in [3.63, 3.8) is 0 Å². The molecule has 1 N–H and O–H groups in total. The van der Waals surface area contributed by atoms with Crippen LogP contribution in [0.2, 0.25) is 0 Å². The Morgan fingerprint density at radius 1 is 1.42 bits per heavy atom. The summed E-state index contributed by atoms with van der Waals surface area (Å²) in [5.41, 5.74) is 1.41. The number of nitrogens with zero attached hydrogens (tertiary/aromatic N) is 2. The molecule has 0 spiro atoms. The van der Waals surface area contributed by atoms with E-state index in [-0.39, 0.29) is 5.91 Å². The second-order valence-corrected chi connectivity index (χ2v) is 4.79. The first kappa shape index (κ1) is 14.0. The van der Waals surface area contributed by atoms with Gasteiger partial charge in [-0.1, -0.05) is 22.0 Å². The molecule has 0 radical (unpaired) electrons. The van der Waals surface area contributed by atoms with Gasteiger partial charge in [-0.05, 0) is 18.6 Å². The average molecular weight is 326 g/mol. The van der Waals surface area contributed by atoms with E-state index in [0.717, 1.165) is 17.3 Å². The van der Waals surface area contributed by atoms with Gasteiger partial charge in [-0.3, -0.25) is 4.79 Å². The number of carbonyl (C=O) groups is 1. The average Bonchev–Trinajstić information content (AvgIpc) is 2.86. The predicted molar refractivity (Wildman–Crippen MR) is 76.8 cm³/mol. The number of rotatable bonds is 7. The molecule has 102 valence electrons. The number of fused-ring (bicyclic) bond motifs is 1. The van der Waals surface area contributed by atoms with Crippen LogP contribution in [0.25, 0.3) is 5.52 Å². The van der Waals surface area contributed by atoms with Crippen molar-refractivity contribution in [2.75, 3.05) is 25.1 Å². The SMILES string of the molecule is O=C(NCCCOCCBr)c1cnn2ccccc12. The Morgan fingerprint density at radius 3 is 3.16 bits per heavy atom. The zero-order chi connectivity index (χ0) is 13.5. The van der Waals surface area contributed by atoms with E-state index < -0.39 is 0 Å². The lowest BCUT2D eigenvalue weighted by molar-refractivity contribution is 0.0946. The van der Waals surface area contributed by atoms with E-state index in [9.17, 15) is 4.79 Å². The van der Waals surface area contributed by atoms with Gasteiger partial charge >= 0.3 is 0 Å². The van der Waals surface area contributed by atoms with Gasteiger partial charge in [0.2, 0.25) is 0 Å². The monoisotopic (exact) mass is 325 g/mol. The lowest BCUT2D eigenvalue weighted by Gasteiger charge is -2.04. The van der Waals surface area contributed by atoms with Crippen LogP contribution in [-0.2, 0) is 4.74 Å². The van der Waals surface area contributed by atoms with Crippen molar-refractivity contribution < 1.29 is 9.53 Å². The van der Waals surface area contributed by atoms with Crippen LogP contribution >= 0.6 is 15.9 Å². The Balaban J connectivity index is 1.83. The molecule has 0 bridgehead atoms. The summed E-state index contributed by atoms with van der Waals surface area (Å²) in [5, 5.41) is 7.84. The molecule has 0 saturated carbocycles. The molecule has 2 rings (SSSR count). The standard InChI is InChI=1S/C13H16BrN3O2/c14-5-9-19-8-3-6-15-13(18)11-10-16-17-7-2-1-4-12(11)17/h1-2,4,7,10H,3,5-6,8-9H2,(H,15,18). The Morgan fingerprint density at radius 2 is 2.32 bits per heavy atom. The Labute approximate surface area is 120 Å². The molecule has 0 aliphatic heterocycles. The topological polar surface area (TPSA) is 55.6 Å². The number of amides is 1. The number of ether oxygens (including phenoxy) is 1. The fourth-order valence-corrected chi connectivity index (χ4v) is 1.97. The lowest BCUT2D eigenvalue weighted by atomic mass is 10.2. The molecule has 2 heterocycles. The first-order valence-electron chi connectivity index (χ1n) is 6.17. The highest BCUT2D eigenvalue weighted by atomic mass is 79.9. The van der Waals surface area contributed by atoms with Gasteiger partial charge < -0.3 is 10.1 Å². The number of hydrogen-bond donors (Lipinski definition) is 1. The number of pyridine rings is 1. The van der Waals surface area contributed by atoms with Gasteiger partial charge in [0.15, 0.2) is 0 Å². The van der Waals surface area contributed by atoms with Crippen LogP contribution < -0.4 is 5.32 Å². The second kappa shape index (κ2) is 7.25. The van der Waals surface area contributed by atoms with E-state index in [1.54, 1.807) is 10.7 Å². The highest BCUT2D eigenvalue weighted by Crippen LogP contribution is 2.09. The van der Waals surface area contributed by atoms with Gasteiger partial charge in [-0.2, -0.15) is 5.10 Å². The maximum atomic E-state index is 12.0. The van der Waals surface area contributed by atoms with Crippen molar-refractivity contribution in [2.24, 2.45) is 0 Å². The number of hydrogen-bond acceptors (Lipinski definition) is 3. The minimum Gasteiger partial charge on any atom is -0.381 e. The van der Waals surface area contributed by atoms with Crippen LogP contribution in [-0.4, -0.2) is 40.6 Å². The summed E-state index contributed by atoms with van der Waals surface area (Å²) in [5.74, 6) is -0.0957. The molecule has 0 atom stereocenters. The molecule has 2 aromatic heterocycles. The summed E-state index contributed by atoms with van der Waals surface area (Å²) in [6.45, 7) is 1.95. The Kier molecular flexibility index (Phi) is 5.35. The molecular weight excluding hydrogens is 310 g/mol. The third-order valence-electron chi connectivity index (χ3n) is 2.64. The van der Waals surface area contributed by atoms with E-state index >= 15 is 0 Å². The molecule has 0 saturated heterocycles. The number of halogens is 1. The van der Waals surface area contributed by atoms with E-state index in [1.165, 1.54) is 0 Å². The number of nitrogens with one attached hydrogen (secondary N) is 1. The predicted octanol–water partition coefficient (Wildman–Crippen LogP) is 1.87. The largest absolute Gasteiger partial charge is 0.381 e. The van der Waals surface area contributed by atoms with Crippen molar-refractivity contribution in [3.8, 4) is 0 Å². The third-order valence-corrected chi connectivity index (χ3v) is 2.97. The van der Waals surface area contributed by atoms with Crippen molar-refractivity contribution in [3.05, 3.63) is 36.2 Å². The summed E-state index contributed by atoms with van der Waals surface area (Å²) >= 11 is 3.29. The van der Waals surface area contributed by atoms with Crippen LogP contribution in [0.3, 0.4) is 0 Å². The number of aromatic nitrogens is 2. The van der Waals surface area contributed by atoms with Gasteiger partial charge in [0, 0.05) is 24.7 Å². The summed E-state index contributed by atoms with van der Waals surface area (Å²) in [7, 11) is 0. The highest BCUT2D eigenvalue weighted by molar-refractivity contribution is 9.09. The molecule has 6 heteroatoms. The molecule has 19 heavy (non-hydrogen) atoms. The zero-order valence-corrected chi connectivity index (χ0v) is 12.1. The Hall–Kier alpha value is -1.40. The summed E-state index contributed by atoms with van der Waals surface area (Å²) in [6.07, 6.45) is 4.21. The lowest BCUT2D eigenvalue weighted by Crippen LogP contribution is -2.25. The van der Waals surface area contributed by atoms with E-state index in [1.807, 2.05) is 24.4 Å². The van der Waals surface area contributed by atoms with Gasteiger partial charge in [0.05, 0.1) is 23.9 Å². The summed E-state index contributed by atoms with van der Waals surface area (Å²) in [4.78, 5) is 12.0. The first-order valence-corrected chi connectivity index (χ1v) is 7.29. The maximum Gasteiger partial charge on any atom is 0.255 e. The van der Waals surface area contributed by atoms with Crippen molar-refractivity contribution >= 4 is 27.4 Å². The van der Waals surface area contributed by atoms with Crippen LogP contribution in [0.1, 0.15) is 16.8 Å². The van der Waals surface area contributed by atoms with Crippen molar-refractivity contribution in [2.45, 2.75) is 6.42 Å². The van der Waals surface area contributed by atoms with Gasteiger partial charge in [-0.15, -0.1) is 0 Å².